The number of nitro benzene ring substituents is 1. The molecule has 0 fully saturated rings. The lowest BCUT2D eigenvalue weighted by Gasteiger charge is -2.15. The molecule has 0 atom stereocenters. The molecule has 0 aliphatic rings. The summed E-state index contributed by atoms with van der Waals surface area (Å²) in [7, 11) is 0. The van der Waals surface area contributed by atoms with Gasteiger partial charge in [-0.25, -0.2) is 4.98 Å². The molecule has 0 bridgehead atoms. The number of nitro groups is 1. The first-order chi connectivity index (χ1) is 16.9. The van der Waals surface area contributed by atoms with Crippen molar-refractivity contribution >= 4 is 44.3 Å². The molecule has 0 saturated carbocycles. The Morgan fingerprint density at radius 3 is 2.66 bits per heavy atom. The van der Waals surface area contributed by atoms with Crippen LogP contribution in [0.3, 0.4) is 0 Å². The maximum absolute atomic E-state index is 10.9. The van der Waals surface area contributed by atoms with Crippen molar-refractivity contribution in [1.29, 1.82) is 5.26 Å². The number of nitrogens with one attached hydrogen (secondary N) is 1. The number of fused-ring (bicyclic) bond motifs is 1. The highest BCUT2D eigenvalue weighted by Gasteiger charge is 2.15. The number of hydrogen-bond acceptors (Lipinski definition) is 6. The van der Waals surface area contributed by atoms with E-state index < -0.39 is 4.92 Å². The van der Waals surface area contributed by atoms with Crippen LogP contribution in [-0.2, 0) is 6.61 Å². The maximum Gasteiger partial charge on any atom is 0.269 e. The Morgan fingerprint density at radius 1 is 1.20 bits per heavy atom. The molecule has 0 spiro atoms. The maximum atomic E-state index is 10.9. The Hall–Kier alpha value is -4.16. The fourth-order valence-electron chi connectivity index (χ4n) is 3.51. The highest BCUT2D eigenvalue weighted by atomic mass is 79.9. The third kappa shape index (κ3) is 5.50. The minimum absolute atomic E-state index is 0.0222. The molecule has 0 radical (unpaired) electrons. The lowest BCUT2D eigenvalue weighted by Crippen LogP contribution is -2.01. The number of nitriles is 1. The Morgan fingerprint density at radius 2 is 1.97 bits per heavy atom. The van der Waals surface area contributed by atoms with E-state index in [9.17, 15) is 15.4 Å². The summed E-state index contributed by atoms with van der Waals surface area (Å²) in [6, 6.07) is 17.9. The monoisotopic (exact) mass is 532 g/mol. The number of halogens is 1. The van der Waals surface area contributed by atoms with E-state index in [-0.39, 0.29) is 12.3 Å². The smallest absolute Gasteiger partial charge is 0.269 e. The number of benzene rings is 3. The van der Waals surface area contributed by atoms with Gasteiger partial charge in [0, 0.05) is 12.1 Å². The summed E-state index contributed by atoms with van der Waals surface area (Å²) in [4.78, 5) is 18.2. The molecule has 1 heterocycles. The molecular formula is C26H21BrN4O4. The molecule has 3 aromatic carbocycles. The largest absolute Gasteiger partial charge is 0.490 e. The molecule has 0 aliphatic heterocycles. The average molecular weight is 533 g/mol. The zero-order valence-corrected chi connectivity index (χ0v) is 20.6. The Labute approximate surface area is 210 Å². The van der Waals surface area contributed by atoms with Gasteiger partial charge in [-0.1, -0.05) is 6.07 Å². The van der Waals surface area contributed by atoms with E-state index in [1.807, 2.05) is 38.1 Å². The van der Waals surface area contributed by atoms with E-state index in [1.54, 1.807) is 24.3 Å². The van der Waals surface area contributed by atoms with Crippen LogP contribution in [0.1, 0.15) is 29.4 Å². The lowest BCUT2D eigenvalue weighted by molar-refractivity contribution is -0.384. The number of rotatable bonds is 8. The third-order valence-corrected chi connectivity index (χ3v) is 5.78. The van der Waals surface area contributed by atoms with Crippen molar-refractivity contribution in [3.63, 3.8) is 0 Å². The number of allylic oxidation sites excluding steroid dienone is 1. The number of ether oxygens (including phenoxy) is 2. The van der Waals surface area contributed by atoms with Crippen LogP contribution in [-0.4, -0.2) is 21.5 Å². The van der Waals surface area contributed by atoms with Crippen LogP contribution >= 0.6 is 15.9 Å². The van der Waals surface area contributed by atoms with Crippen molar-refractivity contribution in [2.45, 2.75) is 20.5 Å². The van der Waals surface area contributed by atoms with Gasteiger partial charge in [-0.05, 0) is 88.9 Å². The van der Waals surface area contributed by atoms with E-state index in [0.717, 1.165) is 27.7 Å². The molecule has 4 aromatic rings. The van der Waals surface area contributed by atoms with Gasteiger partial charge in [-0.15, -0.1) is 0 Å². The normalized spacial score (nSPS) is 11.3. The van der Waals surface area contributed by atoms with Gasteiger partial charge in [0.05, 0.1) is 32.6 Å². The highest BCUT2D eigenvalue weighted by molar-refractivity contribution is 9.10. The van der Waals surface area contributed by atoms with E-state index in [4.69, 9.17) is 9.47 Å². The fraction of sp³-hybridized carbons (Fsp3) is 0.154. The topological polar surface area (TPSA) is 114 Å². The van der Waals surface area contributed by atoms with Gasteiger partial charge in [0.15, 0.2) is 11.5 Å². The zero-order chi connectivity index (χ0) is 24.9. The minimum atomic E-state index is -0.442. The van der Waals surface area contributed by atoms with Gasteiger partial charge in [0.2, 0.25) is 0 Å². The molecule has 0 unspecified atom stereocenters. The number of hydrogen-bond donors (Lipinski definition) is 1. The van der Waals surface area contributed by atoms with Gasteiger partial charge < -0.3 is 14.5 Å². The number of H-pyrrole nitrogens is 1. The average Bonchev–Trinajstić information content (AvgIpc) is 3.25. The Balaban J connectivity index is 1.62. The number of nitrogens with zero attached hydrogens (tertiary/aromatic N) is 3. The predicted molar refractivity (Wildman–Crippen MR) is 137 cm³/mol. The van der Waals surface area contributed by atoms with Crippen molar-refractivity contribution in [2.75, 3.05) is 6.61 Å². The van der Waals surface area contributed by atoms with Crippen LogP contribution in [0, 0.1) is 28.4 Å². The molecule has 35 heavy (non-hydrogen) atoms. The van der Waals surface area contributed by atoms with E-state index in [2.05, 4.69) is 32.0 Å². The van der Waals surface area contributed by atoms with Crippen molar-refractivity contribution in [3.05, 3.63) is 91.7 Å². The summed E-state index contributed by atoms with van der Waals surface area (Å²) in [5.74, 6) is 1.49. The van der Waals surface area contributed by atoms with E-state index >= 15 is 0 Å². The second kappa shape index (κ2) is 10.4. The number of aromatic nitrogens is 2. The summed E-state index contributed by atoms with van der Waals surface area (Å²) < 4.78 is 12.4. The van der Waals surface area contributed by atoms with Gasteiger partial charge in [-0.2, -0.15) is 5.26 Å². The Bertz CT molecular complexity index is 1470. The van der Waals surface area contributed by atoms with Crippen LogP contribution in [0.2, 0.25) is 0 Å². The van der Waals surface area contributed by atoms with Crippen molar-refractivity contribution in [2.24, 2.45) is 0 Å². The number of non-ortho nitro benzene ring substituents is 1. The van der Waals surface area contributed by atoms with Gasteiger partial charge in [-0.3, -0.25) is 10.1 Å². The molecule has 8 nitrogen and oxygen atoms in total. The SMILES string of the molecule is CCOc1cc(/C=C(/C#N)c2nc3ccc(C)cc3[nH]2)cc(Br)c1OCc1ccc([N+](=O)[O-])cc1. The standard InChI is InChI=1S/C26H21BrN4O4/c1-3-34-24-13-18(11-19(14-28)26-29-22-9-4-16(2)10-23(22)30-26)12-21(27)25(24)35-15-17-5-7-20(8-6-17)31(32)33/h4-13H,3,15H2,1-2H3,(H,29,30)/b19-11-. The van der Waals surface area contributed by atoms with E-state index in [1.165, 1.54) is 12.1 Å². The van der Waals surface area contributed by atoms with E-state index in [0.29, 0.717) is 34.0 Å². The summed E-state index contributed by atoms with van der Waals surface area (Å²) >= 11 is 3.55. The molecular weight excluding hydrogens is 512 g/mol. The van der Waals surface area contributed by atoms with Crippen molar-refractivity contribution in [1.82, 2.24) is 9.97 Å². The van der Waals surface area contributed by atoms with Crippen molar-refractivity contribution < 1.29 is 14.4 Å². The van der Waals surface area contributed by atoms with Crippen molar-refractivity contribution in [3.8, 4) is 17.6 Å². The van der Waals surface area contributed by atoms with Crippen LogP contribution in [0.15, 0.2) is 59.1 Å². The lowest BCUT2D eigenvalue weighted by atomic mass is 10.1. The Kier molecular flexibility index (Phi) is 7.13. The number of imidazole rings is 1. The molecule has 4 rings (SSSR count). The minimum Gasteiger partial charge on any atom is -0.490 e. The van der Waals surface area contributed by atoms with Crippen LogP contribution < -0.4 is 9.47 Å². The fourth-order valence-corrected chi connectivity index (χ4v) is 4.09. The van der Waals surface area contributed by atoms with Gasteiger partial charge >= 0.3 is 0 Å². The molecule has 9 heteroatoms. The van der Waals surface area contributed by atoms with Crippen LogP contribution in [0.25, 0.3) is 22.7 Å². The number of aryl methyl sites for hydroxylation is 1. The molecule has 176 valence electrons. The predicted octanol–water partition coefficient (Wildman–Crippen LogP) is 6.58. The van der Waals surface area contributed by atoms with Crippen LogP contribution in [0.5, 0.6) is 11.5 Å². The molecule has 0 aliphatic carbocycles. The molecule has 0 saturated heterocycles. The molecule has 1 N–H and O–H groups in total. The van der Waals surface area contributed by atoms with Gasteiger partial charge in [0.1, 0.15) is 18.5 Å². The zero-order valence-electron chi connectivity index (χ0n) is 19.0. The summed E-state index contributed by atoms with van der Waals surface area (Å²) in [5.41, 5.74) is 4.67. The first-order valence-electron chi connectivity index (χ1n) is 10.8. The first kappa shape index (κ1) is 24.0. The number of aromatic amines is 1. The second-order valence-electron chi connectivity index (χ2n) is 7.75. The molecule has 1 aromatic heterocycles. The molecule has 0 amide bonds. The summed E-state index contributed by atoms with van der Waals surface area (Å²) in [5, 5.41) is 20.6. The van der Waals surface area contributed by atoms with Gasteiger partial charge in [0.25, 0.3) is 5.69 Å². The second-order valence-corrected chi connectivity index (χ2v) is 8.61. The first-order valence-corrected chi connectivity index (χ1v) is 11.6. The summed E-state index contributed by atoms with van der Waals surface area (Å²) in [6.45, 7) is 4.49. The summed E-state index contributed by atoms with van der Waals surface area (Å²) in [6.07, 6.45) is 1.73. The quantitative estimate of drug-likeness (QED) is 0.155. The third-order valence-electron chi connectivity index (χ3n) is 5.19. The highest BCUT2D eigenvalue weighted by Crippen LogP contribution is 2.38. The van der Waals surface area contributed by atoms with Crippen LogP contribution in [0.4, 0.5) is 5.69 Å².